The zero-order chi connectivity index (χ0) is 6.24. The molecule has 0 aromatic carbocycles. The van der Waals surface area contributed by atoms with Gasteiger partial charge in [0.25, 0.3) is 0 Å². The summed E-state index contributed by atoms with van der Waals surface area (Å²) in [5, 5.41) is 3.76. The smallest absolute Gasteiger partial charge is 0.103 e. The number of nitrogens with zero attached hydrogens (tertiary/aromatic N) is 2. The van der Waals surface area contributed by atoms with Gasteiger partial charge in [0.15, 0.2) is 0 Å². The van der Waals surface area contributed by atoms with Crippen LogP contribution in [-0.2, 0) is 0 Å². The molecule has 0 amide bonds. The molecule has 0 aliphatic carbocycles. The molecule has 0 aromatic heterocycles. The Morgan fingerprint density at radius 3 is 2.88 bits per heavy atom. The maximum atomic E-state index is 3.76. The normalized spacial score (nSPS) is 11.2. The Morgan fingerprint density at radius 2 is 2.38 bits per heavy atom. The minimum Gasteiger partial charge on any atom is -0.277 e. The average Bonchev–Trinajstić information content (AvgIpc) is 1.81. The molecule has 0 atom stereocenters. The lowest BCUT2D eigenvalue weighted by atomic mass is 10.6. The van der Waals surface area contributed by atoms with Gasteiger partial charge in [0.2, 0.25) is 0 Å². The van der Waals surface area contributed by atoms with Crippen molar-refractivity contribution < 1.29 is 0 Å². The first-order valence-electron chi connectivity index (χ1n) is 2.59. The summed E-state index contributed by atoms with van der Waals surface area (Å²) in [6.45, 7) is 2.02. The predicted octanol–water partition coefficient (Wildman–Crippen LogP) is 0.630. The van der Waals surface area contributed by atoms with E-state index in [0.29, 0.717) is 0 Å². The highest BCUT2D eigenvalue weighted by atomic mass is 15.3. The fourth-order valence-corrected chi connectivity index (χ4v) is 0.235. The van der Waals surface area contributed by atoms with Gasteiger partial charge in [-0.3, -0.25) is 10.4 Å². The Hall–Kier alpha value is -0.860. The van der Waals surface area contributed by atoms with Gasteiger partial charge >= 0.3 is 0 Å². The zero-order valence-electron chi connectivity index (χ0n) is 5.26. The van der Waals surface area contributed by atoms with E-state index in [1.165, 1.54) is 6.34 Å². The van der Waals surface area contributed by atoms with Crippen molar-refractivity contribution in [2.24, 2.45) is 10.1 Å². The highest BCUT2D eigenvalue weighted by Gasteiger charge is 1.62. The summed E-state index contributed by atoms with van der Waals surface area (Å²) in [6, 6.07) is 0. The second kappa shape index (κ2) is 6.14. The van der Waals surface area contributed by atoms with Crippen LogP contribution in [0.25, 0.3) is 0 Å². The fourth-order valence-electron chi connectivity index (χ4n) is 0.235. The molecule has 46 valence electrons. The third-order valence-electron chi connectivity index (χ3n) is 0.535. The molecule has 3 heteroatoms. The summed E-state index contributed by atoms with van der Waals surface area (Å²) in [7, 11) is 1.69. The molecule has 1 N–H and O–H groups in total. The lowest BCUT2D eigenvalue weighted by Crippen LogP contribution is -2.00. The van der Waals surface area contributed by atoms with E-state index >= 15 is 0 Å². The maximum absolute atomic E-state index is 3.76. The number of rotatable bonds is 3. The summed E-state index contributed by atoms with van der Waals surface area (Å²) < 4.78 is 0. The third kappa shape index (κ3) is 5.14. The first kappa shape index (κ1) is 7.14. The topological polar surface area (TPSA) is 36.8 Å². The molecular formula is C5H11N3. The van der Waals surface area contributed by atoms with Gasteiger partial charge in [-0.05, 0) is 6.42 Å². The summed E-state index contributed by atoms with van der Waals surface area (Å²) in [6.07, 6.45) is 4.26. The van der Waals surface area contributed by atoms with Crippen LogP contribution in [0.5, 0.6) is 0 Å². The van der Waals surface area contributed by atoms with Crippen molar-refractivity contribution in [3.05, 3.63) is 0 Å². The first-order chi connectivity index (χ1) is 3.91. The quantitative estimate of drug-likeness (QED) is 0.325. The fraction of sp³-hybridized carbons (Fsp3) is 0.600. The molecule has 0 heterocycles. The standard InChI is InChI=1S/C5H11N3/c1-3-4-7-8-5-6-2/h4-5H,3H2,1-2H3,(H,6,8)/b7-4-. The van der Waals surface area contributed by atoms with Gasteiger partial charge in [0, 0.05) is 13.3 Å². The van der Waals surface area contributed by atoms with Gasteiger partial charge in [0.1, 0.15) is 6.34 Å². The van der Waals surface area contributed by atoms with Gasteiger partial charge in [-0.15, -0.1) is 0 Å². The van der Waals surface area contributed by atoms with Crippen molar-refractivity contribution in [2.75, 3.05) is 7.05 Å². The Bertz CT molecular complexity index is 85.7. The van der Waals surface area contributed by atoms with Crippen LogP contribution < -0.4 is 5.43 Å². The zero-order valence-corrected chi connectivity index (χ0v) is 5.26. The van der Waals surface area contributed by atoms with Crippen LogP contribution in [0, 0.1) is 0 Å². The Labute approximate surface area is 49.5 Å². The van der Waals surface area contributed by atoms with Gasteiger partial charge in [-0.25, -0.2) is 0 Å². The summed E-state index contributed by atoms with van der Waals surface area (Å²) in [5.41, 5.74) is 2.61. The van der Waals surface area contributed by atoms with Crippen LogP contribution in [0.4, 0.5) is 0 Å². The molecule has 8 heavy (non-hydrogen) atoms. The minimum absolute atomic E-state index is 0.949. The summed E-state index contributed by atoms with van der Waals surface area (Å²) in [5.74, 6) is 0. The highest BCUT2D eigenvalue weighted by Crippen LogP contribution is 1.62. The molecule has 0 unspecified atom stereocenters. The number of hydrogen-bond donors (Lipinski definition) is 1. The number of nitrogens with one attached hydrogen (secondary N) is 1. The molecule has 0 aliphatic rings. The van der Waals surface area contributed by atoms with E-state index < -0.39 is 0 Å². The van der Waals surface area contributed by atoms with E-state index in [1.54, 1.807) is 13.3 Å². The molecule has 0 aromatic rings. The van der Waals surface area contributed by atoms with Crippen LogP contribution in [0.3, 0.4) is 0 Å². The molecular weight excluding hydrogens is 102 g/mol. The second-order valence-electron chi connectivity index (χ2n) is 1.24. The first-order valence-corrected chi connectivity index (χ1v) is 2.59. The number of hydrazone groups is 1. The van der Waals surface area contributed by atoms with Gasteiger partial charge in [-0.1, -0.05) is 6.92 Å². The SMILES string of the molecule is CC/C=N\NC=NC. The second-order valence-corrected chi connectivity index (χ2v) is 1.24. The lowest BCUT2D eigenvalue weighted by Gasteiger charge is -1.83. The predicted molar refractivity (Wildman–Crippen MR) is 36.3 cm³/mol. The molecule has 0 radical (unpaired) electrons. The molecule has 0 fully saturated rings. The van der Waals surface area contributed by atoms with Crippen LogP contribution in [0.1, 0.15) is 13.3 Å². The average molecular weight is 113 g/mol. The van der Waals surface area contributed by atoms with Crippen LogP contribution >= 0.6 is 0 Å². The van der Waals surface area contributed by atoms with E-state index in [0.717, 1.165) is 6.42 Å². The van der Waals surface area contributed by atoms with Crippen molar-refractivity contribution in [1.82, 2.24) is 5.43 Å². The minimum atomic E-state index is 0.949. The van der Waals surface area contributed by atoms with Crippen LogP contribution in [-0.4, -0.2) is 19.6 Å². The van der Waals surface area contributed by atoms with Gasteiger partial charge < -0.3 is 0 Å². The third-order valence-corrected chi connectivity index (χ3v) is 0.535. The van der Waals surface area contributed by atoms with Crippen LogP contribution in [0.2, 0.25) is 0 Å². The van der Waals surface area contributed by atoms with Crippen LogP contribution in [0.15, 0.2) is 10.1 Å². The monoisotopic (exact) mass is 113 g/mol. The Morgan fingerprint density at radius 1 is 1.62 bits per heavy atom. The summed E-state index contributed by atoms with van der Waals surface area (Å²) >= 11 is 0. The van der Waals surface area contributed by atoms with Gasteiger partial charge in [-0.2, -0.15) is 5.10 Å². The number of aliphatic imine (C=N–C) groups is 1. The lowest BCUT2D eigenvalue weighted by molar-refractivity contribution is 1.04. The van der Waals surface area contributed by atoms with E-state index in [2.05, 4.69) is 15.5 Å². The molecule has 0 aliphatic heterocycles. The molecule has 0 spiro atoms. The maximum Gasteiger partial charge on any atom is 0.103 e. The van der Waals surface area contributed by atoms with Crippen molar-refractivity contribution in [3.8, 4) is 0 Å². The molecule has 3 nitrogen and oxygen atoms in total. The van der Waals surface area contributed by atoms with E-state index in [1.807, 2.05) is 6.92 Å². The van der Waals surface area contributed by atoms with Crippen molar-refractivity contribution >= 4 is 12.6 Å². The van der Waals surface area contributed by atoms with E-state index in [4.69, 9.17) is 0 Å². The highest BCUT2D eigenvalue weighted by molar-refractivity contribution is 5.60. The van der Waals surface area contributed by atoms with E-state index in [-0.39, 0.29) is 0 Å². The molecule has 0 rings (SSSR count). The Balaban J connectivity index is 3.03. The number of hydrogen-bond acceptors (Lipinski definition) is 2. The Kier molecular flexibility index (Phi) is 5.48. The van der Waals surface area contributed by atoms with Crippen molar-refractivity contribution in [1.29, 1.82) is 0 Å². The molecule has 0 saturated carbocycles. The van der Waals surface area contributed by atoms with E-state index in [9.17, 15) is 0 Å². The molecule has 0 bridgehead atoms. The van der Waals surface area contributed by atoms with Gasteiger partial charge in [0.05, 0.1) is 0 Å². The van der Waals surface area contributed by atoms with Crippen molar-refractivity contribution in [2.45, 2.75) is 13.3 Å². The molecule has 0 saturated heterocycles. The van der Waals surface area contributed by atoms with Crippen molar-refractivity contribution in [3.63, 3.8) is 0 Å². The summed E-state index contributed by atoms with van der Waals surface area (Å²) in [4.78, 5) is 3.66. The largest absolute Gasteiger partial charge is 0.277 e.